The van der Waals surface area contributed by atoms with Crippen LogP contribution in [0.15, 0.2) is 4.99 Å². The van der Waals surface area contributed by atoms with Crippen LogP contribution in [0.4, 0.5) is 0 Å². The third-order valence-corrected chi connectivity index (χ3v) is 3.57. The first-order chi connectivity index (χ1) is 8.05. The van der Waals surface area contributed by atoms with E-state index in [1.165, 1.54) is 0 Å². The minimum atomic E-state index is -3.10. The van der Waals surface area contributed by atoms with Crippen molar-refractivity contribution in [3.63, 3.8) is 0 Å². The van der Waals surface area contributed by atoms with Crippen LogP contribution in [0.2, 0.25) is 0 Å². The summed E-state index contributed by atoms with van der Waals surface area (Å²) in [6.45, 7) is 5.49. The molecular formula is C10H25IN4O2S. The van der Waals surface area contributed by atoms with Crippen molar-refractivity contribution in [1.29, 1.82) is 0 Å². The quantitative estimate of drug-likeness (QED) is 0.243. The molecule has 0 aromatic heterocycles. The van der Waals surface area contributed by atoms with Crippen LogP contribution in [0.5, 0.6) is 0 Å². The molecule has 110 valence electrons. The molecule has 0 heterocycles. The summed E-state index contributed by atoms with van der Waals surface area (Å²) in [5.41, 5.74) is 0. The van der Waals surface area contributed by atoms with Crippen LogP contribution in [-0.2, 0) is 10.0 Å². The Labute approximate surface area is 127 Å². The lowest BCUT2D eigenvalue weighted by Gasteiger charge is -2.11. The van der Waals surface area contributed by atoms with Crippen LogP contribution in [0.25, 0.3) is 0 Å². The molecule has 18 heavy (non-hydrogen) atoms. The Balaban J connectivity index is 0. The Kier molecular flexibility index (Phi) is 13.5. The third-order valence-electron chi connectivity index (χ3n) is 2.17. The number of rotatable bonds is 8. The highest BCUT2D eigenvalue weighted by atomic mass is 127. The average molecular weight is 392 g/mol. The molecule has 0 aliphatic rings. The van der Waals surface area contributed by atoms with Gasteiger partial charge in [-0.3, -0.25) is 4.99 Å². The Morgan fingerprint density at radius 2 is 1.72 bits per heavy atom. The van der Waals surface area contributed by atoms with Crippen molar-refractivity contribution in [3.05, 3.63) is 0 Å². The molecule has 0 radical (unpaired) electrons. The highest BCUT2D eigenvalue weighted by Crippen LogP contribution is 1.82. The zero-order chi connectivity index (χ0) is 13.1. The number of halogens is 1. The zero-order valence-corrected chi connectivity index (χ0v) is 14.5. The maximum absolute atomic E-state index is 11.1. The lowest BCUT2D eigenvalue weighted by molar-refractivity contribution is 0.581. The molecule has 0 saturated heterocycles. The maximum atomic E-state index is 11.1. The van der Waals surface area contributed by atoms with Crippen LogP contribution in [0.1, 0.15) is 26.7 Å². The van der Waals surface area contributed by atoms with E-state index in [4.69, 9.17) is 0 Å². The Hall–Kier alpha value is -0.0900. The zero-order valence-electron chi connectivity index (χ0n) is 11.3. The van der Waals surface area contributed by atoms with E-state index in [2.05, 4.69) is 27.3 Å². The lowest BCUT2D eigenvalue weighted by atomic mass is 10.3. The summed E-state index contributed by atoms with van der Waals surface area (Å²) in [7, 11) is -1.40. The molecule has 0 aromatic rings. The van der Waals surface area contributed by atoms with Crippen LogP contribution < -0.4 is 15.4 Å². The van der Waals surface area contributed by atoms with Crippen LogP contribution in [0.3, 0.4) is 0 Å². The minimum Gasteiger partial charge on any atom is -0.356 e. The number of hydrogen-bond acceptors (Lipinski definition) is 3. The largest absolute Gasteiger partial charge is 0.356 e. The summed E-state index contributed by atoms with van der Waals surface area (Å²) >= 11 is 0. The third kappa shape index (κ3) is 11.0. The van der Waals surface area contributed by atoms with E-state index in [1.807, 2.05) is 0 Å². The van der Waals surface area contributed by atoms with Gasteiger partial charge in [0, 0.05) is 26.7 Å². The normalized spacial score (nSPS) is 11.8. The monoisotopic (exact) mass is 392 g/mol. The lowest BCUT2D eigenvalue weighted by Crippen LogP contribution is -2.41. The fourth-order valence-corrected chi connectivity index (χ4v) is 1.71. The van der Waals surface area contributed by atoms with Crippen LogP contribution >= 0.6 is 24.0 Å². The highest BCUT2D eigenvalue weighted by Gasteiger charge is 2.04. The second kappa shape index (κ2) is 12.0. The van der Waals surface area contributed by atoms with Gasteiger partial charge in [-0.2, -0.15) is 0 Å². The predicted octanol–water partition coefficient (Wildman–Crippen LogP) is 0.509. The summed E-state index contributed by atoms with van der Waals surface area (Å²) in [6.07, 6.45) is 2.21. The molecular weight excluding hydrogens is 367 g/mol. The molecule has 0 unspecified atom stereocenters. The molecule has 0 aliphatic carbocycles. The summed E-state index contributed by atoms with van der Waals surface area (Å²) in [5, 5.41) is 6.18. The van der Waals surface area contributed by atoms with Crippen molar-refractivity contribution in [2.75, 3.05) is 32.4 Å². The standard InChI is InChI=1S/C10H24N4O2S.HI/c1-4-6-7-12-10(11-3)13-8-9-14-17(15,16)5-2;/h14H,4-9H2,1-3H3,(H2,11,12,13);1H. The number of unbranched alkanes of at least 4 members (excludes halogenated alkanes) is 1. The van der Waals surface area contributed by atoms with Gasteiger partial charge < -0.3 is 10.6 Å². The number of guanidine groups is 1. The number of hydrogen-bond donors (Lipinski definition) is 3. The van der Waals surface area contributed by atoms with Crippen molar-refractivity contribution in [2.45, 2.75) is 26.7 Å². The molecule has 0 spiro atoms. The smallest absolute Gasteiger partial charge is 0.211 e. The van der Waals surface area contributed by atoms with E-state index in [0.29, 0.717) is 19.0 Å². The Morgan fingerprint density at radius 1 is 1.11 bits per heavy atom. The summed E-state index contributed by atoms with van der Waals surface area (Å²) in [6, 6.07) is 0. The van der Waals surface area contributed by atoms with E-state index in [0.717, 1.165) is 19.4 Å². The van der Waals surface area contributed by atoms with Gasteiger partial charge in [0.25, 0.3) is 0 Å². The number of sulfonamides is 1. The van der Waals surface area contributed by atoms with Crippen molar-refractivity contribution >= 4 is 40.0 Å². The average Bonchev–Trinajstić information content (AvgIpc) is 2.32. The Bertz CT molecular complexity index is 320. The number of aliphatic imine (C=N–C) groups is 1. The van der Waals surface area contributed by atoms with Crippen molar-refractivity contribution in [3.8, 4) is 0 Å². The molecule has 0 bridgehead atoms. The SMILES string of the molecule is CCCCNC(=NC)NCCNS(=O)(=O)CC.I. The first-order valence-electron chi connectivity index (χ1n) is 5.97. The fraction of sp³-hybridized carbons (Fsp3) is 0.900. The second-order valence-corrected chi connectivity index (χ2v) is 5.67. The highest BCUT2D eigenvalue weighted by molar-refractivity contribution is 14.0. The number of nitrogens with zero attached hydrogens (tertiary/aromatic N) is 1. The molecule has 8 heteroatoms. The molecule has 0 saturated carbocycles. The first kappa shape index (κ1) is 20.2. The Morgan fingerprint density at radius 3 is 2.22 bits per heavy atom. The van der Waals surface area contributed by atoms with Crippen molar-refractivity contribution in [2.24, 2.45) is 4.99 Å². The predicted molar refractivity (Wildman–Crippen MR) is 87.2 cm³/mol. The van der Waals surface area contributed by atoms with E-state index >= 15 is 0 Å². The van der Waals surface area contributed by atoms with Gasteiger partial charge in [-0.05, 0) is 13.3 Å². The molecule has 0 amide bonds. The van der Waals surface area contributed by atoms with Gasteiger partial charge in [-0.15, -0.1) is 24.0 Å². The molecule has 0 rings (SSSR count). The van der Waals surface area contributed by atoms with Crippen molar-refractivity contribution < 1.29 is 8.42 Å². The van der Waals surface area contributed by atoms with E-state index in [9.17, 15) is 8.42 Å². The van der Waals surface area contributed by atoms with Gasteiger partial charge in [-0.25, -0.2) is 13.1 Å². The summed E-state index contributed by atoms with van der Waals surface area (Å²) in [5.74, 6) is 0.811. The molecule has 0 aliphatic heterocycles. The molecule has 0 aromatic carbocycles. The van der Waals surface area contributed by atoms with E-state index < -0.39 is 10.0 Å². The topological polar surface area (TPSA) is 82.6 Å². The molecule has 0 atom stereocenters. The number of nitrogens with one attached hydrogen (secondary N) is 3. The maximum Gasteiger partial charge on any atom is 0.211 e. The van der Waals surface area contributed by atoms with Gasteiger partial charge in [0.2, 0.25) is 10.0 Å². The van der Waals surface area contributed by atoms with Gasteiger partial charge in [-0.1, -0.05) is 13.3 Å². The first-order valence-corrected chi connectivity index (χ1v) is 7.62. The van der Waals surface area contributed by atoms with Gasteiger partial charge >= 0.3 is 0 Å². The van der Waals surface area contributed by atoms with Gasteiger partial charge in [0.1, 0.15) is 0 Å². The van der Waals surface area contributed by atoms with E-state index in [1.54, 1.807) is 14.0 Å². The fourth-order valence-electron chi connectivity index (χ4n) is 1.09. The summed E-state index contributed by atoms with van der Waals surface area (Å²) < 4.78 is 24.8. The van der Waals surface area contributed by atoms with Crippen LogP contribution in [0, 0.1) is 0 Å². The molecule has 0 fully saturated rings. The summed E-state index contributed by atoms with van der Waals surface area (Å²) in [4.78, 5) is 4.03. The molecule has 3 N–H and O–H groups in total. The second-order valence-electron chi connectivity index (χ2n) is 3.58. The van der Waals surface area contributed by atoms with Gasteiger partial charge in [0.15, 0.2) is 5.96 Å². The van der Waals surface area contributed by atoms with Crippen LogP contribution in [-0.4, -0.2) is 46.8 Å². The minimum absolute atomic E-state index is 0. The van der Waals surface area contributed by atoms with E-state index in [-0.39, 0.29) is 29.7 Å². The van der Waals surface area contributed by atoms with Crippen molar-refractivity contribution in [1.82, 2.24) is 15.4 Å². The van der Waals surface area contributed by atoms with Gasteiger partial charge in [0.05, 0.1) is 5.75 Å². The molecule has 6 nitrogen and oxygen atoms in total.